The van der Waals surface area contributed by atoms with Gasteiger partial charge in [-0.2, -0.15) is 8.78 Å². The Bertz CT molecular complexity index is 572. The molecule has 0 atom stereocenters. The number of rotatable bonds is 0. The summed E-state index contributed by atoms with van der Waals surface area (Å²) in [5, 5.41) is 2.94. The molecule has 1 aliphatic rings. The van der Waals surface area contributed by atoms with Crippen molar-refractivity contribution in [2.24, 2.45) is 0 Å². The van der Waals surface area contributed by atoms with E-state index in [9.17, 15) is 17.6 Å². The zero-order chi connectivity index (χ0) is 12.2. The number of fused-ring (bicyclic) bond motifs is 2. The molecular formula is C10H2F4O2S. The third-order valence-electron chi connectivity index (χ3n) is 2.20. The molecule has 0 amide bonds. The molecule has 1 aromatic heterocycles. The maximum Gasteiger partial charge on any atom is 0.212 e. The SMILES string of the molecule is Fc1c(F)c(F)c2c(c1F)Oc1cscc1O2. The topological polar surface area (TPSA) is 18.5 Å². The van der Waals surface area contributed by atoms with E-state index in [0.29, 0.717) is 0 Å². The monoisotopic (exact) mass is 262 g/mol. The van der Waals surface area contributed by atoms with Crippen molar-refractivity contribution in [3.63, 3.8) is 0 Å². The second kappa shape index (κ2) is 3.36. The molecular weight excluding hydrogens is 260 g/mol. The van der Waals surface area contributed by atoms with Gasteiger partial charge in [-0.25, -0.2) is 8.78 Å². The fraction of sp³-hybridized carbons (Fsp3) is 0. The Hall–Kier alpha value is -1.76. The van der Waals surface area contributed by atoms with E-state index >= 15 is 0 Å². The number of ether oxygens (including phenoxy) is 2. The average Bonchev–Trinajstić information content (AvgIpc) is 2.79. The third-order valence-corrected chi connectivity index (χ3v) is 2.90. The Morgan fingerprint density at radius 3 is 1.53 bits per heavy atom. The van der Waals surface area contributed by atoms with Crippen LogP contribution in [-0.2, 0) is 0 Å². The summed E-state index contributed by atoms with van der Waals surface area (Å²) in [6.45, 7) is 0. The first-order valence-corrected chi connectivity index (χ1v) is 5.31. The van der Waals surface area contributed by atoms with Crippen LogP contribution in [0.25, 0.3) is 0 Å². The molecule has 2 heterocycles. The molecule has 0 N–H and O–H groups in total. The van der Waals surface area contributed by atoms with Crippen molar-refractivity contribution >= 4 is 11.3 Å². The van der Waals surface area contributed by atoms with Crippen molar-refractivity contribution < 1.29 is 27.0 Å². The minimum Gasteiger partial charge on any atom is -0.445 e. The zero-order valence-corrected chi connectivity index (χ0v) is 8.71. The molecule has 0 saturated heterocycles. The van der Waals surface area contributed by atoms with Crippen LogP contribution in [0.5, 0.6) is 23.0 Å². The highest BCUT2D eigenvalue weighted by atomic mass is 32.1. The van der Waals surface area contributed by atoms with Crippen LogP contribution in [0.15, 0.2) is 10.8 Å². The number of thiophene rings is 1. The lowest BCUT2D eigenvalue weighted by Crippen LogP contribution is -2.06. The van der Waals surface area contributed by atoms with E-state index in [1.807, 2.05) is 0 Å². The van der Waals surface area contributed by atoms with Crippen LogP contribution in [0.3, 0.4) is 0 Å². The molecule has 0 spiro atoms. The fourth-order valence-corrected chi connectivity index (χ4v) is 2.06. The Kier molecular flexibility index (Phi) is 2.06. The standard InChI is InChI=1S/C10H2F4O2S/c11-5-6(12)8(14)10-9(7(5)13)15-3-1-17-2-4(3)16-10/h1-2H. The molecule has 0 bridgehead atoms. The first-order valence-electron chi connectivity index (χ1n) is 4.37. The highest BCUT2D eigenvalue weighted by Gasteiger charge is 2.32. The normalized spacial score (nSPS) is 12.5. The number of hydrogen-bond donors (Lipinski definition) is 0. The van der Waals surface area contributed by atoms with Gasteiger partial charge in [-0.1, -0.05) is 0 Å². The smallest absolute Gasteiger partial charge is 0.212 e. The van der Waals surface area contributed by atoms with E-state index in [-0.39, 0.29) is 11.5 Å². The van der Waals surface area contributed by atoms with Gasteiger partial charge in [0, 0.05) is 10.8 Å². The maximum atomic E-state index is 13.3. The van der Waals surface area contributed by atoms with Gasteiger partial charge in [0.25, 0.3) is 0 Å². The fourth-order valence-electron chi connectivity index (χ4n) is 1.42. The Labute approximate surface area is 96.0 Å². The quantitative estimate of drug-likeness (QED) is 0.343. The number of hydrogen-bond acceptors (Lipinski definition) is 3. The molecule has 2 nitrogen and oxygen atoms in total. The molecule has 3 rings (SSSR count). The van der Waals surface area contributed by atoms with Gasteiger partial charge in [0.1, 0.15) is 0 Å². The molecule has 1 aliphatic heterocycles. The molecule has 0 saturated carbocycles. The van der Waals surface area contributed by atoms with E-state index in [4.69, 9.17) is 9.47 Å². The van der Waals surface area contributed by atoms with Crippen LogP contribution in [0, 0.1) is 23.3 Å². The summed E-state index contributed by atoms with van der Waals surface area (Å²) in [5.41, 5.74) is 0. The minimum absolute atomic E-state index is 0.131. The Morgan fingerprint density at radius 1 is 0.706 bits per heavy atom. The van der Waals surface area contributed by atoms with Crippen LogP contribution in [0.1, 0.15) is 0 Å². The minimum atomic E-state index is -1.93. The van der Waals surface area contributed by atoms with Crippen LogP contribution in [0.2, 0.25) is 0 Å². The highest BCUT2D eigenvalue weighted by molar-refractivity contribution is 7.08. The van der Waals surface area contributed by atoms with Gasteiger partial charge in [-0.05, 0) is 0 Å². The third kappa shape index (κ3) is 1.32. The van der Waals surface area contributed by atoms with Crippen molar-refractivity contribution in [3.8, 4) is 23.0 Å². The highest BCUT2D eigenvalue weighted by Crippen LogP contribution is 2.50. The Balaban J connectivity index is 2.26. The van der Waals surface area contributed by atoms with Gasteiger partial charge >= 0.3 is 0 Å². The largest absolute Gasteiger partial charge is 0.445 e. The lowest BCUT2D eigenvalue weighted by Gasteiger charge is -2.19. The first-order chi connectivity index (χ1) is 8.09. The van der Waals surface area contributed by atoms with Gasteiger partial charge in [-0.15, -0.1) is 11.3 Å². The molecule has 0 unspecified atom stereocenters. The summed E-state index contributed by atoms with van der Waals surface area (Å²) < 4.78 is 62.5. The lowest BCUT2D eigenvalue weighted by molar-refractivity contribution is 0.300. The van der Waals surface area contributed by atoms with Crippen molar-refractivity contribution in [1.29, 1.82) is 0 Å². The van der Waals surface area contributed by atoms with Crippen molar-refractivity contribution in [2.45, 2.75) is 0 Å². The summed E-state index contributed by atoms with van der Waals surface area (Å²) >= 11 is 1.16. The van der Waals surface area contributed by atoms with E-state index < -0.39 is 34.8 Å². The van der Waals surface area contributed by atoms with Crippen molar-refractivity contribution in [2.75, 3.05) is 0 Å². The van der Waals surface area contributed by atoms with E-state index in [0.717, 1.165) is 11.3 Å². The van der Waals surface area contributed by atoms with E-state index in [1.54, 1.807) is 0 Å². The van der Waals surface area contributed by atoms with Gasteiger partial charge in [0.05, 0.1) is 0 Å². The number of benzene rings is 1. The molecule has 0 aliphatic carbocycles. The Morgan fingerprint density at radius 2 is 1.12 bits per heavy atom. The summed E-state index contributed by atoms with van der Waals surface area (Å²) in [6, 6.07) is 0. The van der Waals surface area contributed by atoms with Crippen LogP contribution in [0.4, 0.5) is 17.6 Å². The van der Waals surface area contributed by atoms with E-state index in [1.165, 1.54) is 10.8 Å². The molecule has 17 heavy (non-hydrogen) atoms. The van der Waals surface area contributed by atoms with Gasteiger partial charge in [0.2, 0.25) is 34.8 Å². The van der Waals surface area contributed by atoms with E-state index in [2.05, 4.69) is 0 Å². The van der Waals surface area contributed by atoms with Crippen LogP contribution < -0.4 is 9.47 Å². The summed E-state index contributed by atoms with van der Waals surface area (Å²) in [6.07, 6.45) is 0. The molecule has 88 valence electrons. The molecule has 0 fully saturated rings. The zero-order valence-electron chi connectivity index (χ0n) is 7.89. The van der Waals surface area contributed by atoms with Crippen LogP contribution >= 0.6 is 11.3 Å². The lowest BCUT2D eigenvalue weighted by atomic mass is 10.2. The first kappa shape index (κ1) is 10.4. The molecule has 0 radical (unpaired) electrons. The average molecular weight is 262 g/mol. The summed E-state index contributed by atoms with van der Waals surface area (Å²) in [5.74, 6) is -8.39. The van der Waals surface area contributed by atoms with Gasteiger partial charge in [-0.3, -0.25) is 0 Å². The molecule has 7 heteroatoms. The molecule has 1 aromatic carbocycles. The van der Waals surface area contributed by atoms with Gasteiger partial charge in [0.15, 0.2) is 11.5 Å². The molecule has 2 aromatic rings. The van der Waals surface area contributed by atoms with Gasteiger partial charge < -0.3 is 9.47 Å². The summed E-state index contributed by atoms with van der Waals surface area (Å²) in [4.78, 5) is 0. The predicted octanol–water partition coefficient (Wildman–Crippen LogP) is 4.20. The number of halogens is 4. The van der Waals surface area contributed by atoms with Crippen molar-refractivity contribution in [1.82, 2.24) is 0 Å². The van der Waals surface area contributed by atoms with Crippen LogP contribution in [-0.4, -0.2) is 0 Å². The second-order valence-corrected chi connectivity index (χ2v) is 3.96. The second-order valence-electron chi connectivity index (χ2n) is 3.22. The maximum absolute atomic E-state index is 13.3. The summed E-state index contributed by atoms with van der Waals surface area (Å²) in [7, 11) is 0. The van der Waals surface area contributed by atoms with Crippen molar-refractivity contribution in [3.05, 3.63) is 34.0 Å². The predicted molar refractivity (Wildman–Crippen MR) is 50.7 cm³/mol.